The number of nitrogens with zero attached hydrogens (tertiary/aromatic N) is 5. The van der Waals surface area contributed by atoms with Crippen molar-refractivity contribution in [3.63, 3.8) is 0 Å². The van der Waals surface area contributed by atoms with E-state index < -0.39 is 23.2 Å². The second-order valence-corrected chi connectivity index (χ2v) is 6.80. The maximum absolute atomic E-state index is 14.3. The lowest BCUT2D eigenvalue weighted by atomic mass is 9.78. The van der Waals surface area contributed by atoms with Crippen LogP contribution in [0.15, 0.2) is 37.3 Å². The standard InChI is InChI=1S/C17H18F2N5OP/c1-10-3-12(18)4-14(26)15(10)17(25,6-24-9-21-8-23-24)11(2)16-13(19)5-20-7-22-16/h3-5,7-9,11,25H,6,26H2,1-2H3. The molecule has 2 aromatic heterocycles. The molecule has 9 heteroatoms. The number of aliphatic hydroxyl groups is 1. The van der Waals surface area contributed by atoms with Crippen molar-refractivity contribution < 1.29 is 13.9 Å². The van der Waals surface area contributed by atoms with Crippen LogP contribution in [0.4, 0.5) is 8.78 Å². The molecule has 3 unspecified atom stereocenters. The lowest BCUT2D eigenvalue weighted by Gasteiger charge is -2.36. The molecule has 1 aromatic carbocycles. The second kappa shape index (κ2) is 7.13. The summed E-state index contributed by atoms with van der Waals surface area (Å²) in [5.74, 6) is -1.81. The fraction of sp³-hybridized carbons (Fsp3) is 0.294. The van der Waals surface area contributed by atoms with Gasteiger partial charge in [0.25, 0.3) is 0 Å². The molecular formula is C17H18F2N5OP. The Labute approximate surface area is 151 Å². The van der Waals surface area contributed by atoms with Crippen LogP contribution in [0.5, 0.6) is 0 Å². The molecule has 0 saturated carbocycles. The summed E-state index contributed by atoms with van der Waals surface area (Å²) in [5.41, 5.74) is -0.530. The van der Waals surface area contributed by atoms with Gasteiger partial charge in [-0.25, -0.2) is 28.4 Å². The van der Waals surface area contributed by atoms with Gasteiger partial charge in [-0.15, -0.1) is 9.24 Å². The predicted molar refractivity (Wildman–Crippen MR) is 94.8 cm³/mol. The summed E-state index contributed by atoms with van der Waals surface area (Å²) in [6, 6.07) is 2.64. The third-order valence-corrected chi connectivity index (χ3v) is 4.91. The molecule has 3 aromatic rings. The molecule has 0 amide bonds. The number of aryl methyl sites for hydroxylation is 1. The third-order valence-electron chi connectivity index (χ3n) is 4.46. The van der Waals surface area contributed by atoms with Gasteiger partial charge < -0.3 is 5.11 Å². The quantitative estimate of drug-likeness (QED) is 0.687. The highest BCUT2D eigenvalue weighted by molar-refractivity contribution is 7.27. The summed E-state index contributed by atoms with van der Waals surface area (Å²) in [5, 5.41) is 16.2. The van der Waals surface area contributed by atoms with E-state index in [9.17, 15) is 13.9 Å². The van der Waals surface area contributed by atoms with E-state index in [1.807, 2.05) is 0 Å². The molecule has 0 fully saturated rings. The van der Waals surface area contributed by atoms with Gasteiger partial charge in [0.1, 0.15) is 30.4 Å². The summed E-state index contributed by atoms with van der Waals surface area (Å²) < 4.78 is 29.5. The zero-order valence-corrected chi connectivity index (χ0v) is 15.4. The molecule has 3 atom stereocenters. The first-order valence-corrected chi connectivity index (χ1v) is 8.47. The first kappa shape index (κ1) is 18.5. The molecule has 0 spiro atoms. The Kier molecular flexibility index (Phi) is 5.07. The van der Waals surface area contributed by atoms with Gasteiger partial charge in [-0.05, 0) is 35.5 Å². The molecule has 2 heterocycles. The fourth-order valence-corrected chi connectivity index (χ4v) is 3.86. The van der Waals surface area contributed by atoms with Gasteiger partial charge in [0.15, 0.2) is 5.82 Å². The van der Waals surface area contributed by atoms with Gasteiger partial charge in [0, 0.05) is 5.92 Å². The van der Waals surface area contributed by atoms with Crippen molar-refractivity contribution in [1.29, 1.82) is 0 Å². The number of benzene rings is 1. The number of rotatable bonds is 5. The Balaban J connectivity index is 2.19. The molecule has 3 rings (SSSR count). The van der Waals surface area contributed by atoms with Crippen LogP contribution >= 0.6 is 9.24 Å². The minimum atomic E-state index is -1.61. The lowest BCUT2D eigenvalue weighted by molar-refractivity contribution is -0.00980. The molecule has 0 bridgehead atoms. The van der Waals surface area contributed by atoms with Crippen molar-refractivity contribution in [3.8, 4) is 0 Å². The SMILES string of the molecule is Cc1cc(F)cc(P)c1C(O)(Cn1cncn1)C(C)c1ncncc1F. The fourth-order valence-electron chi connectivity index (χ4n) is 3.22. The van der Waals surface area contributed by atoms with Crippen LogP contribution in [0.25, 0.3) is 0 Å². The van der Waals surface area contributed by atoms with E-state index in [0.29, 0.717) is 16.4 Å². The molecule has 6 nitrogen and oxygen atoms in total. The zero-order valence-electron chi connectivity index (χ0n) is 14.3. The highest BCUT2D eigenvalue weighted by atomic mass is 31.0. The van der Waals surface area contributed by atoms with Gasteiger partial charge in [-0.3, -0.25) is 0 Å². The van der Waals surface area contributed by atoms with E-state index in [1.54, 1.807) is 13.8 Å². The summed E-state index contributed by atoms with van der Waals surface area (Å²) in [7, 11) is 2.43. The molecule has 0 aliphatic heterocycles. The van der Waals surface area contributed by atoms with Crippen LogP contribution in [-0.2, 0) is 12.1 Å². The van der Waals surface area contributed by atoms with E-state index in [-0.39, 0.29) is 12.2 Å². The second-order valence-electron chi connectivity index (χ2n) is 6.18. The lowest BCUT2D eigenvalue weighted by Crippen LogP contribution is -2.41. The van der Waals surface area contributed by atoms with Crippen molar-refractivity contribution in [2.75, 3.05) is 0 Å². The third kappa shape index (κ3) is 3.34. The van der Waals surface area contributed by atoms with Crippen molar-refractivity contribution in [3.05, 3.63) is 65.8 Å². The number of hydrogen-bond donors (Lipinski definition) is 1. The predicted octanol–water partition coefficient (Wildman–Crippen LogP) is 1.85. The van der Waals surface area contributed by atoms with Crippen molar-refractivity contribution in [2.24, 2.45) is 0 Å². The Hall–Kier alpha value is -2.31. The van der Waals surface area contributed by atoms with E-state index in [2.05, 4.69) is 29.3 Å². The maximum Gasteiger partial charge on any atom is 0.163 e. The number of hydrogen-bond acceptors (Lipinski definition) is 5. The van der Waals surface area contributed by atoms with Gasteiger partial charge in [-0.2, -0.15) is 5.10 Å². The van der Waals surface area contributed by atoms with Crippen LogP contribution in [0.3, 0.4) is 0 Å². The minimum absolute atomic E-state index is 0.00845. The minimum Gasteiger partial charge on any atom is -0.382 e. The molecule has 26 heavy (non-hydrogen) atoms. The van der Waals surface area contributed by atoms with Crippen LogP contribution < -0.4 is 5.30 Å². The van der Waals surface area contributed by atoms with Gasteiger partial charge in [0.2, 0.25) is 0 Å². The molecule has 0 radical (unpaired) electrons. The summed E-state index contributed by atoms with van der Waals surface area (Å²) >= 11 is 0. The molecule has 0 aliphatic rings. The van der Waals surface area contributed by atoms with Crippen molar-refractivity contribution >= 4 is 14.5 Å². The molecule has 1 N–H and O–H groups in total. The van der Waals surface area contributed by atoms with E-state index in [4.69, 9.17) is 0 Å². The Bertz CT molecular complexity index is 898. The first-order valence-electron chi connectivity index (χ1n) is 7.89. The van der Waals surface area contributed by atoms with E-state index >= 15 is 0 Å². The topological polar surface area (TPSA) is 76.7 Å². The van der Waals surface area contributed by atoms with Gasteiger partial charge >= 0.3 is 0 Å². The van der Waals surface area contributed by atoms with Crippen LogP contribution in [0.1, 0.15) is 29.7 Å². The smallest absolute Gasteiger partial charge is 0.163 e. The van der Waals surface area contributed by atoms with Crippen molar-refractivity contribution in [2.45, 2.75) is 31.9 Å². The number of halogens is 2. The van der Waals surface area contributed by atoms with E-state index in [1.165, 1.54) is 35.8 Å². The van der Waals surface area contributed by atoms with Crippen LogP contribution in [-0.4, -0.2) is 29.8 Å². The highest BCUT2D eigenvalue weighted by Crippen LogP contribution is 2.39. The van der Waals surface area contributed by atoms with Crippen LogP contribution in [0.2, 0.25) is 0 Å². The van der Waals surface area contributed by atoms with E-state index in [0.717, 1.165) is 6.20 Å². The number of aromatic nitrogens is 5. The molecule has 0 saturated heterocycles. The Morgan fingerprint density at radius 3 is 2.65 bits per heavy atom. The summed E-state index contributed by atoms with van der Waals surface area (Å²) in [6.45, 7) is 3.35. The average molecular weight is 377 g/mol. The molecule has 136 valence electrons. The van der Waals surface area contributed by atoms with Crippen LogP contribution in [0, 0.1) is 18.6 Å². The first-order chi connectivity index (χ1) is 12.3. The summed E-state index contributed by atoms with van der Waals surface area (Å²) in [4.78, 5) is 11.5. The highest BCUT2D eigenvalue weighted by Gasteiger charge is 2.42. The largest absolute Gasteiger partial charge is 0.382 e. The molecule has 0 aliphatic carbocycles. The normalized spacial score (nSPS) is 14.8. The maximum atomic E-state index is 14.3. The Morgan fingerprint density at radius 2 is 2.04 bits per heavy atom. The average Bonchev–Trinajstić information content (AvgIpc) is 3.06. The van der Waals surface area contributed by atoms with Crippen molar-refractivity contribution in [1.82, 2.24) is 24.7 Å². The summed E-state index contributed by atoms with van der Waals surface area (Å²) in [6.07, 6.45) is 5.07. The van der Waals surface area contributed by atoms with Gasteiger partial charge in [0.05, 0.1) is 18.4 Å². The monoisotopic (exact) mass is 377 g/mol. The molecular weight excluding hydrogens is 359 g/mol. The zero-order chi connectivity index (χ0) is 18.9. The van der Waals surface area contributed by atoms with Gasteiger partial charge in [-0.1, -0.05) is 6.92 Å². The Morgan fingerprint density at radius 1 is 1.27 bits per heavy atom.